The van der Waals surface area contributed by atoms with E-state index in [0.717, 1.165) is 0 Å². The van der Waals surface area contributed by atoms with Crippen molar-refractivity contribution in [2.45, 2.75) is 6.54 Å². The number of rotatable bonds is 2. The van der Waals surface area contributed by atoms with Crippen LogP contribution in [0.3, 0.4) is 0 Å². The molecule has 0 radical (unpaired) electrons. The molecule has 0 aromatic heterocycles. The lowest BCUT2D eigenvalue weighted by atomic mass is 10.2. The third kappa shape index (κ3) is 2.37. The second-order valence-corrected chi connectivity index (χ2v) is 3.47. The Morgan fingerprint density at radius 2 is 2.31 bits per heavy atom. The molecule has 1 rings (SSSR count). The summed E-state index contributed by atoms with van der Waals surface area (Å²) in [5.41, 5.74) is 0.464. The summed E-state index contributed by atoms with van der Waals surface area (Å²) in [5, 5.41) is -0.0200. The van der Waals surface area contributed by atoms with E-state index in [2.05, 4.69) is 20.9 Å². The van der Waals surface area contributed by atoms with Gasteiger partial charge in [-0.15, -0.1) is 0 Å². The fraction of sp³-hybridized carbons (Fsp3) is 0.125. The molecule has 68 valence electrons. The Kier molecular flexibility index (Phi) is 3.60. The van der Waals surface area contributed by atoms with Gasteiger partial charge < -0.3 is 0 Å². The molecule has 13 heavy (non-hydrogen) atoms. The van der Waals surface area contributed by atoms with Gasteiger partial charge in [0.2, 0.25) is 6.08 Å². The van der Waals surface area contributed by atoms with Gasteiger partial charge in [0.15, 0.2) is 5.82 Å². The molecule has 0 atom stereocenters. The molecule has 0 bridgehead atoms. The number of isocyanates is 1. The summed E-state index contributed by atoms with van der Waals surface area (Å²) in [6.45, 7) is 0.0481. The van der Waals surface area contributed by atoms with Crippen molar-refractivity contribution in [2.75, 3.05) is 0 Å². The first-order valence-corrected chi connectivity index (χ1v) is 4.50. The normalized spacial score (nSPS) is 9.46. The molecule has 0 aliphatic heterocycles. The standard InChI is InChI=1S/C8H4BrClFNO/c9-6-2-1-5(3-12-4-13)7(10)8(6)11/h1-2H,3H2. The van der Waals surface area contributed by atoms with Crippen molar-refractivity contribution >= 4 is 33.6 Å². The zero-order valence-corrected chi connectivity index (χ0v) is 8.69. The molecule has 0 fully saturated rings. The number of hydrogen-bond acceptors (Lipinski definition) is 2. The summed E-state index contributed by atoms with van der Waals surface area (Å²) in [7, 11) is 0. The summed E-state index contributed by atoms with van der Waals surface area (Å²) in [4.78, 5) is 13.1. The Bertz CT molecular complexity index is 377. The third-order valence-electron chi connectivity index (χ3n) is 1.43. The summed E-state index contributed by atoms with van der Waals surface area (Å²) >= 11 is 8.62. The molecule has 5 heteroatoms. The lowest BCUT2D eigenvalue weighted by molar-refractivity contribution is 0.562. The van der Waals surface area contributed by atoms with E-state index in [-0.39, 0.29) is 16.0 Å². The van der Waals surface area contributed by atoms with Crippen molar-refractivity contribution in [2.24, 2.45) is 4.99 Å². The molecule has 2 nitrogen and oxygen atoms in total. The van der Waals surface area contributed by atoms with Crippen molar-refractivity contribution in [1.82, 2.24) is 0 Å². The number of benzene rings is 1. The highest BCUT2D eigenvalue weighted by molar-refractivity contribution is 9.10. The minimum atomic E-state index is -0.541. The summed E-state index contributed by atoms with van der Waals surface area (Å²) in [6.07, 6.45) is 1.36. The molecule has 0 N–H and O–H groups in total. The van der Waals surface area contributed by atoms with Gasteiger partial charge in [0.25, 0.3) is 0 Å². The minimum absolute atomic E-state index is 0.0200. The molecular formula is C8H4BrClFNO. The van der Waals surface area contributed by atoms with Gasteiger partial charge >= 0.3 is 0 Å². The van der Waals surface area contributed by atoms with Crippen LogP contribution in [0, 0.1) is 5.82 Å². The van der Waals surface area contributed by atoms with E-state index < -0.39 is 5.82 Å². The first-order valence-electron chi connectivity index (χ1n) is 3.33. The predicted octanol–water partition coefficient (Wildman–Crippen LogP) is 3.08. The van der Waals surface area contributed by atoms with Crippen LogP contribution in [0.1, 0.15) is 5.56 Å². The van der Waals surface area contributed by atoms with Gasteiger partial charge in [-0.25, -0.2) is 14.2 Å². The van der Waals surface area contributed by atoms with Gasteiger partial charge in [0.05, 0.1) is 16.0 Å². The van der Waals surface area contributed by atoms with Crippen molar-refractivity contribution in [3.63, 3.8) is 0 Å². The zero-order chi connectivity index (χ0) is 9.84. The molecule has 0 spiro atoms. The molecule has 1 aromatic rings. The molecule has 0 amide bonds. The van der Waals surface area contributed by atoms with Crippen LogP contribution >= 0.6 is 27.5 Å². The fourth-order valence-corrected chi connectivity index (χ4v) is 1.47. The topological polar surface area (TPSA) is 29.4 Å². The van der Waals surface area contributed by atoms with Crippen LogP contribution in [0.4, 0.5) is 4.39 Å². The van der Waals surface area contributed by atoms with Crippen molar-refractivity contribution in [3.8, 4) is 0 Å². The second-order valence-electron chi connectivity index (χ2n) is 2.24. The predicted molar refractivity (Wildman–Crippen MR) is 50.9 cm³/mol. The first kappa shape index (κ1) is 10.4. The summed E-state index contributed by atoms with van der Waals surface area (Å²) < 4.78 is 13.4. The Morgan fingerprint density at radius 3 is 2.92 bits per heavy atom. The Balaban J connectivity index is 3.10. The maximum Gasteiger partial charge on any atom is 0.235 e. The number of aliphatic imine (C=N–C) groups is 1. The van der Waals surface area contributed by atoms with Crippen LogP contribution in [-0.2, 0) is 11.3 Å². The quantitative estimate of drug-likeness (QED) is 0.458. The van der Waals surface area contributed by atoms with E-state index in [1.165, 1.54) is 12.1 Å². The number of carbonyl (C=O) groups excluding carboxylic acids is 1. The fourth-order valence-electron chi connectivity index (χ4n) is 0.805. The maximum atomic E-state index is 13.1. The van der Waals surface area contributed by atoms with Gasteiger partial charge in [0.1, 0.15) is 0 Å². The van der Waals surface area contributed by atoms with Gasteiger partial charge in [-0.3, -0.25) is 0 Å². The SMILES string of the molecule is O=C=NCc1ccc(Br)c(F)c1Cl. The molecular weight excluding hydrogens is 260 g/mol. The minimum Gasteiger partial charge on any atom is -0.211 e. The average molecular weight is 264 g/mol. The third-order valence-corrected chi connectivity index (χ3v) is 2.45. The molecule has 0 saturated heterocycles. The average Bonchev–Trinajstić information content (AvgIpc) is 2.13. The van der Waals surface area contributed by atoms with E-state index in [0.29, 0.717) is 5.56 Å². The van der Waals surface area contributed by atoms with E-state index in [9.17, 15) is 9.18 Å². The molecule has 0 aliphatic carbocycles. The van der Waals surface area contributed by atoms with Crippen LogP contribution in [0.25, 0.3) is 0 Å². The molecule has 1 aromatic carbocycles. The van der Waals surface area contributed by atoms with Crippen molar-refractivity contribution in [3.05, 3.63) is 33.0 Å². The number of halogens is 3. The second kappa shape index (κ2) is 4.51. The van der Waals surface area contributed by atoms with Gasteiger partial charge in [-0.1, -0.05) is 17.7 Å². The highest BCUT2D eigenvalue weighted by Gasteiger charge is 2.08. The molecule has 0 saturated carbocycles. The Morgan fingerprint density at radius 1 is 1.62 bits per heavy atom. The lowest BCUT2D eigenvalue weighted by Crippen LogP contribution is -1.88. The number of nitrogens with zero attached hydrogens (tertiary/aromatic N) is 1. The summed E-state index contributed by atoms with van der Waals surface area (Å²) in [6, 6.07) is 3.10. The van der Waals surface area contributed by atoms with Gasteiger partial charge in [-0.05, 0) is 27.6 Å². The van der Waals surface area contributed by atoms with Crippen LogP contribution in [-0.4, -0.2) is 6.08 Å². The van der Waals surface area contributed by atoms with Crippen LogP contribution in [0.5, 0.6) is 0 Å². The monoisotopic (exact) mass is 263 g/mol. The first-order chi connectivity index (χ1) is 6.16. The largest absolute Gasteiger partial charge is 0.235 e. The zero-order valence-electron chi connectivity index (χ0n) is 6.35. The van der Waals surface area contributed by atoms with Crippen LogP contribution < -0.4 is 0 Å². The lowest BCUT2D eigenvalue weighted by Gasteiger charge is -2.02. The van der Waals surface area contributed by atoms with Gasteiger partial charge in [-0.2, -0.15) is 0 Å². The Hall–Kier alpha value is -0.700. The number of hydrogen-bond donors (Lipinski definition) is 0. The molecule has 0 heterocycles. The van der Waals surface area contributed by atoms with E-state index in [1.54, 1.807) is 6.07 Å². The van der Waals surface area contributed by atoms with Crippen molar-refractivity contribution < 1.29 is 9.18 Å². The van der Waals surface area contributed by atoms with E-state index in [1.807, 2.05) is 0 Å². The molecule has 0 unspecified atom stereocenters. The van der Waals surface area contributed by atoms with Crippen LogP contribution in [0.2, 0.25) is 5.02 Å². The van der Waals surface area contributed by atoms with Crippen LogP contribution in [0.15, 0.2) is 21.6 Å². The Labute approximate surface area is 87.6 Å². The highest BCUT2D eigenvalue weighted by Crippen LogP contribution is 2.26. The summed E-state index contributed by atoms with van der Waals surface area (Å²) in [5.74, 6) is -0.541. The van der Waals surface area contributed by atoms with E-state index in [4.69, 9.17) is 11.6 Å². The smallest absolute Gasteiger partial charge is 0.211 e. The molecule has 0 aliphatic rings. The highest BCUT2D eigenvalue weighted by atomic mass is 79.9. The maximum absolute atomic E-state index is 13.1. The van der Waals surface area contributed by atoms with Gasteiger partial charge in [0, 0.05) is 0 Å². The van der Waals surface area contributed by atoms with Crippen molar-refractivity contribution in [1.29, 1.82) is 0 Å². The van der Waals surface area contributed by atoms with E-state index >= 15 is 0 Å².